The van der Waals surface area contributed by atoms with E-state index in [4.69, 9.17) is 10.8 Å². The van der Waals surface area contributed by atoms with Gasteiger partial charge in [0, 0.05) is 24.8 Å². The molecule has 0 amide bonds. The Morgan fingerprint density at radius 2 is 2.33 bits per heavy atom. The normalized spacial score (nSPS) is 10.0. The van der Waals surface area contributed by atoms with Crippen LogP contribution in [0, 0.1) is 6.92 Å². The molecule has 82 valence electrons. The van der Waals surface area contributed by atoms with Crippen LogP contribution in [0.25, 0.3) is 0 Å². The molecule has 0 unspecified atom stereocenters. The number of hydrogen-bond donors (Lipinski definition) is 2. The summed E-state index contributed by atoms with van der Waals surface area (Å²) in [6.07, 6.45) is 1.75. The van der Waals surface area contributed by atoms with Crippen molar-refractivity contribution < 1.29 is 5.11 Å². The van der Waals surface area contributed by atoms with Crippen molar-refractivity contribution >= 4 is 11.8 Å². The molecular formula is C10H16N4O. The Bertz CT molecular complexity index is 320. The Kier molecular flexibility index (Phi) is 4.05. The van der Waals surface area contributed by atoms with Crippen LogP contribution in [0.2, 0.25) is 0 Å². The fourth-order valence-corrected chi connectivity index (χ4v) is 1.31. The molecule has 0 aromatic carbocycles. The SMILES string of the molecule is C=CCN(CCO)c1cc(C)nc(N)n1. The molecule has 1 rings (SSSR count). The summed E-state index contributed by atoms with van der Waals surface area (Å²) in [5.41, 5.74) is 6.36. The van der Waals surface area contributed by atoms with Crippen molar-refractivity contribution in [1.82, 2.24) is 9.97 Å². The van der Waals surface area contributed by atoms with Crippen LogP contribution in [0.15, 0.2) is 18.7 Å². The number of nitrogens with zero attached hydrogens (tertiary/aromatic N) is 3. The largest absolute Gasteiger partial charge is 0.395 e. The molecule has 3 N–H and O–H groups in total. The third kappa shape index (κ3) is 3.21. The maximum absolute atomic E-state index is 8.91. The summed E-state index contributed by atoms with van der Waals surface area (Å²) in [6, 6.07) is 1.83. The van der Waals surface area contributed by atoms with Gasteiger partial charge in [0.05, 0.1) is 6.61 Å². The van der Waals surface area contributed by atoms with E-state index in [9.17, 15) is 0 Å². The van der Waals surface area contributed by atoms with Gasteiger partial charge >= 0.3 is 0 Å². The summed E-state index contributed by atoms with van der Waals surface area (Å²) in [5.74, 6) is 0.964. The van der Waals surface area contributed by atoms with E-state index in [1.165, 1.54) is 0 Å². The highest BCUT2D eigenvalue weighted by Gasteiger charge is 2.07. The van der Waals surface area contributed by atoms with Gasteiger partial charge in [0.25, 0.3) is 0 Å². The first-order valence-electron chi connectivity index (χ1n) is 4.75. The second-order valence-corrected chi connectivity index (χ2v) is 3.18. The minimum atomic E-state index is 0.0663. The number of nitrogen functional groups attached to an aromatic ring is 1. The van der Waals surface area contributed by atoms with Gasteiger partial charge in [-0.25, -0.2) is 4.98 Å². The van der Waals surface area contributed by atoms with Crippen molar-refractivity contribution in [2.45, 2.75) is 6.92 Å². The topological polar surface area (TPSA) is 75.3 Å². The zero-order valence-corrected chi connectivity index (χ0v) is 8.85. The zero-order valence-electron chi connectivity index (χ0n) is 8.85. The standard InChI is InChI=1S/C10H16N4O/c1-3-4-14(5-6-15)9-7-8(2)12-10(11)13-9/h3,7,15H,1,4-6H2,2H3,(H2,11,12,13). The minimum absolute atomic E-state index is 0.0663. The van der Waals surface area contributed by atoms with Gasteiger partial charge in [0.2, 0.25) is 5.95 Å². The summed E-state index contributed by atoms with van der Waals surface area (Å²) in [4.78, 5) is 9.98. The molecule has 0 radical (unpaired) electrons. The highest BCUT2D eigenvalue weighted by molar-refractivity contribution is 5.43. The smallest absolute Gasteiger partial charge is 0.222 e. The van der Waals surface area contributed by atoms with Gasteiger partial charge < -0.3 is 15.7 Å². The molecule has 0 saturated heterocycles. The van der Waals surface area contributed by atoms with Gasteiger partial charge in [-0.05, 0) is 6.92 Å². The fraction of sp³-hybridized carbons (Fsp3) is 0.400. The first kappa shape index (κ1) is 11.5. The number of rotatable bonds is 5. The molecule has 0 aliphatic carbocycles. The van der Waals surface area contributed by atoms with Crippen molar-refractivity contribution in [2.75, 3.05) is 30.3 Å². The summed E-state index contributed by atoms with van der Waals surface area (Å²) in [7, 11) is 0. The lowest BCUT2D eigenvalue weighted by atomic mass is 10.3. The van der Waals surface area contributed by atoms with E-state index in [1.54, 1.807) is 6.08 Å². The van der Waals surface area contributed by atoms with Crippen LogP contribution >= 0.6 is 0 Å². The molecule has 0 aliphatic heterocycles. The minimum Gasteiger partial charge on any atom is -0.395 e. The molecule has 5 heteroatoms. The third-order valence-electron chi connectivity index (χ3n) is 1.90. The first-order valence-corrected chi connectivity index (χ1v) is 4.75. The zero-order chi connectivity index (χ0) is 11.3. The van der Waals surface area contributed by atoms with E-state index in [0.29, 0.717) is 18.9 Å². The Balaban J connectivity index is 2.93. The number of nitrogens with two attached hydrogens (primary N) is 1. The molecule has 1 aromatic heterocycles. The van der Waals surface area contributed by atoms with Crippen LogP contribution in [-0.4, -0.2) is 34.8 Å². The molecular weight excluding hydrogens is 192 g/mol. The Morgan fingerprint density at radius 3 is 2.87 bits per heavy atom. The van der Waals surface area contributed by atoms with Gasteiger partial charge in [0.15, 0.2) is 0 Å². The van der Waals surface area contributed by atoms with Crippen molar-refractivity contribution in [2.24, 2.45) is 0 Å². The van der Waals surface area contributed by atoms with E-state index < -0.39 is 0 Å². The highest BCUT2D eigenvalue weighted by Crippen LogP contribution is 2.12. The lowest BCUT2D eigenvalue weighted by molar-refractivity contribution is 0.302. The molecule has 0 atom stereocenters. The Hall–Kier alpha value is -1.62. The van der Waals surface area contributed by atoms with E-state index in [2.05, 4.69) is 16.5 Å². The number of aliphatic hydroxyl groups excluding tert-OH is 1. The van der Waals surface area contributed by atoms with Gasteiger partial charge in [-0.2, -0.15) is 4.98 Å². The summed E-state index contributed by atoms with van der Waals surface area (Å²) in [5, 5.41) is 8.91. The molecule has 5 nitrogen and oxygen atoms in total. The lowest BCUT2D eigenvalue weighted by Gasteiger charge is -2.21. The van der Waals surface area contributed by atoms with E-state index in [-0.39, 0.29) is 12.6 Å². The monoisotopic (exact) mass is 208 g/mol. The quantitative estimate of drug-likeness (QED) is 0.683. The van der Waals surface area contributed by atoms with Crippen molar-refractivity contribution in [3.8, 4) is 0 Å². The van der Waals surface area contributed by atoms with Gasteiger partial charge in [-0.15, -0.1) is 6.58 Å². The first-order chi connectivity index (χ1) is 7.17. The van der Waals surface area contributed by atoms with Crippen LogP contribution in [0.4, 0.5) is 11.8 Å². The van der Waals surface area contributed by atoms with Crippen LogP contribution in [0.3, 0.4) is 0 Å². The molecule has 15 heavy (non-hydrogen) atoms. The molecule has 0 bridgehead atoms. The van der Waals surface area contributed by atoms with E-state index in [0.717, 1.165) is 5.69 Å². The van der Waals surface area contributed by atoms with Crippen LogP contribution in [-0.2, 0) is 0 Å². The predicted octanol–water partition coefficient (Wildman–Crippen LogP) is 0.352. The second-order valence-electron chi connectivity index (χ2n) is 3.18. The maximum Gasteiger partial charge on any atom is 0.222 e. The van der Waals surface area contributed by atoms with E-state index >= 15 is 0 Å². The average molecular weight is 208 g/mol. The van der Waals surface area contributed by atoms with Gasteiger partial charge in [0.1, 0.15) is 5.82 Å². The van der Waals surface area contributed by atoms with Gasteiger partial charge in [-0.1, -0.05) is 6.08 Å². The maximum atomic E-state index is 8.91. The van der Waals surface area contributed by atoms with Gasteiger partial charge in [-0.3, -0.25) is 0 Å². The number of aryl methyl sites for hydroxylation is 1. The number of hydrogen-bond acceptors (Lipinski definition) is 5. The summed E-state index contributed by atoms with van der Waals surface area (Å²) < 4.78 is 0. The highest BCUT2D eigenvalue weighted by atomic mass is 16.3. The van der Waals surface area contributed by atoms with Crippen LogP contribution < -0.4 is 10.6 Å². The van der Waals surface area contributed by atoms with Crippen LogP contribution in [0.1, 0.15) is 5.69 Å². The Morgan fingerprint density at radius 1 is 1.60 bits per heavy atom. The summed E-state index contributed by atoms with van der Waals surface area (Å²) in [6.45, 7) is 6.70. The van der Waals surface area contributed by atoms with Crippen LogP contribution in [0.5, 0.6) is 0 Å². The molecule has 1 aromatic rings. The van der Waals surface area contributed by atoms with E-state index in [1.807, 2.05) is 17.9 Å². The fourth-order valence-electron chi connectivity index (χ4n) is 1.31. The lowest BCUT2D eigenvalue weighted by Crippen LogP contribution is -2.28. The predicted molar refractivity (Wildman–Crippen MR) is 60.7 cm³/mol. The molecule has 0 spiro atoms. The Labute approximate surface area is 89.3 Å². The number of anilines is 2. The average Bonchev–Trinajstić information content (AvgIpc) is 2.16. The second kappa shape index (κ2) is 5.31. The number of aliphatic hydroxyl groups is 1. The molecule has 1 heterocycles. The number of aromatic nitrogens is 2. The third-order valence-corrected chi connectivity index (χ3v) is 1.90. The summed E-state index contributed by atoms with van der Waals surface area (Å²) >= 11 is 0. The van der Waals surface area contributed by atoms with Crippen molar-refractivity contribution in [1.29, 1.82) is 0 Å². The van der Waals surface area contributed by atoms with Crippen molar-refractivity contribution in [3.05, 3.63) is 24.4 Å². The molecule has 0 fully saturated rings. The molecule has 0 aliphatic rings. The molecule has 0 saturated carbocycles. The van der Waals surface area contributed by atoms with Crippen molar-refractivity contribution in [3.63, 3.8) is 0 Å².